The summed E-state index contributed by atoms with van der Waals surface area (Å²) in [6.07, 6.45) is 2.50. The first kappa shape index (κ1) is 35.1. The molecule has 1 aliphatic heterocycles. The zero-order valence-corrected chi connectivity index (χ0v) is 28.1. The van der Waals surface area contributed by atoms with Gasteiger partial charge in [0.25, 0.3) is 11.8 Å². The van der Waals surface area contributed by atoms with Crippen molar-refractivity contribution in [1.82, 2.24) is 46.2 Å². The van der Waals surface area contributed by atoms with Crippen molar-refractivity contribution in [3.8, 4) is 5.75 Å². The third kappa shape index (κ3) is 9.45. The van der Waals surface area contributed by atoms with E-state index in [1.54, 1.807) is 23.0 Å². The summed E-state index contributed by atoms with van der Waals surface area (Å²) in [5.41, 5.74) is 1.35. The average molecular weight is 690 g/mol. The summed E-state index contributed by atoms with van der Waals surface area (Å²) in [5, 5.41) is 31.8. The molecule has 1 aromatic carbocycles. The molecule has 15 nitrogen and oxygen atoms in total. The highest BCUT2D eigenvalue weighted by molar-refractivity contribution is 7.09. The maximum Gasteiger partial charge on any atom is 0.274 e. The van der Waals surface area contributed by atoms with Crippen LogP contribution in [0.25, 0.3) is 0 Å². The quantitative estimate of drug-likeness (QED) is 0.205. The van der Waals surface area contributed by atoms with E-state index in [0.717, 1.165) is 5.56 Å². The number of aliphatic hydroxyl groups is 1. The Kier molecular flexibility index (Phi) is 11.6. The number of thiazole rings is 1. The standard InChI is InChI=1S/C33H39N9O6S/c1-19(2)14-24-33-38-25(18-49-33)30(45)39-27(20(3)43)31(46)36-23(15-21-8-5-4-6-9-21)29(44)35-16-22-17-42(41-40-22)12-13-48-26-10-7-11-34-28(26)32(47)37-24/h4-11,17-20,23-24,27,43H,12-16H2,1-3H3,(H,35,44)(H,36,46)(H,37,47)(H,39,45)/t20-,23-,24+,27+/m1/s1. The van der Waals surface area contributed by atoms with Crippen LogP contribution in [0.5, 0.6) is 5.75 Å². The third-order valence-corrected chi connectivity index (χ3v) is 8.58. The Balaban J connectivity index is 1.45. The fourth-order valence-electron chi connectivity index (χ4n) is 5.17. The second-order valence-electron chi connectivity index (χ2n) is 12.1. The summed E-state index contributed by atoms with van der Waals surface area (Å²) in [7, 11) is 0. The number of aromatic nitrogens is 5. The molecular formula is C33H39N9O6S. The summed E-state index contributed by atoms with van der Waals surface area (Å²) in [4.78, 5) is 62.6. The van der Waals surface area contributed by atoms with Crippen LogP contribution in [0.2, 0.25) is 0 Å². The van der Waals surface area contributed by atoms with Crippen molar-refractivity contribution < 1.29 is 29.0 Å². The fourth-order valence-corrected chi connectivity index (χ4v) is 6.03. The van der Waals surface area contributed by atoms with Gasteiger partial charge in [0.2, 0.25) is 11.8 Å². The van der Waals surface area contributed by atoms with Crippen LogP contribution in [0.1, 0.15) is 70.5 Å². The molecule has 4 atom stereocenters. The first-order chi connectivity index (χ1) is 23.6. The third-order valence-electron chi connectivity index (χ3n) is 7.63. The normalized spacial score (nSPS) is 20.2. The average Bonchev–Trinajstić information content (AvgIpc) is 3.76. The second kappa shape index (κ2) is 16.3. The molecule has 3 aromatic heterocycles. The Morgan fingerprint density at radius 1 is 0.980 bits per heavy atom. The molecule has 5 rings (SSSR count). The number of hydrogen-bond acceptors (Lipinski definition) is 11. The molecule has 4 amide bonds. The van der Waals surface area contributed by atoms with Gasteiger partial charge < -0.3 is 31.1 Å². The number of aliphatic hydroxyl groups excluding tert-OH is 1. The minimum atomic E-state index is -1.40. The molecule has 0 saturated heterocycles. The lowest BCUT2D eigenvalue weighted by molar-refractivity contribution is -0.131. The Morgan fingerprint density at radius 3 is 2.53 bits per heavy atom. The number of hydrogen-bond donors (Lipinski definition) is 5. The number of nitrogens with one attached hydrogen (secondary N) is 4. The topological polar surface area (TPSA) is 202 Å². The Morgan fingerprint density at radius 2 is 1.78 bits per heavy atom. The van der Waals surface area contributed by atoms with Crippen LogP contribution in [-0.4, -0.2) is 78.5 Å². The molecule has 4 aromatic rings. The van der Waals surface area contributed by atoms with Gasteiger partial charge in [-0.25, -0.2) is 14.6 Å². The van der Waals surface area contributed by atoms with E-state index < -0.39 is 47.9 Å². The van der Waals surface area contributed by atoms with Crippen LogP contribution in [0.4, 0.5) is 0 Å². The highest BCUT2D eigenvalue weighted by atomic mass is 32.1. The second-order valence-corrected chi connectivity index (χ2v) is 12.9. The predicted octanol–water partition coefficient (Wildman–Crippen LogP) is 1.56. The van der Waals surface area contributed by atoms with Gasteiger partial charge in [-0.3, -0.25) is 19.2 Å². The van der Waals surface area contributed by atoms with Crippen LogP contribution in [0.3, 0.4) is 0 Å². The monoisotopic (exact) mass is 689 g/mol. The maximum absolute atomic E-state index is 13.5. The van der Waals surface area contributed by atoms with Crippen LogP contribution in [0, 0.1) is 5.92 Å². The van der Waals surface area contributed by atoms with Gasteiger partial charge in [0, 0.05) is 18.0 Å². The van der Waals surface area contributed by atoms with Crippen LogP contribution in [0.15, 0.2) is 60.2 Å². The molecule has 258 valence electrons. The van der Waals surface area contributed by atoms with E-state index in [0.29, 0.717) is 23.7 Å². The van der Waals surface area contributed by atoms with E-state index in [4.69, 9.17) is 4.74 Å². The molecule has 0 saturated carbocycles. The Labute approximate surface area is 286 Å². The summed E-state index contributed by atoms with van der Waals surface area (Å²) < 4.78 is 7.48. The number of carbonyl (C=O) groups excluding carboxylic acids is 4. The number of nitrogens with zero attached hydrogens (tertiary/aromatic N) is 5. The molecular weight excluding hydrogens is 650 g/mol. The van der Waals surface area contributed by atoms with E-state index in [9.17, 15) is 24.3 Å². The highest BCUT2D eigenvalue weighted by Gasteiger charge is 2.32. The lowest BCUT2D eigenvalue weighted by Gasteiger charge is -2.24. The number of benzene rings is 1. The van der Waals surface area contributed by atoms with E-state index in [1.807, 2.05) is 44.2 Å². The van der Waals surface area contributed by atoms with Crippen molar-refractivity contribution >= 4 is 35.0 Å². The van der Waals surface area contributed by atoms with Crippen molar-refractivity contribution in [2.75, 3.05) is 6.61 Å². The minimum absolute atomic E-state index is 0.00720. The van der Waals surface area contributed by atoms with Gasteiger partial charge in [-0.05, 0) is 37.0 Å². The van der Waals surface area contributed by atoms with Gasteiger partial charge in [0.15, 0.2) is 11.4 Å². The Hall–Kier alpha value is -5.22. The zero-order chi connectivity index (χ0) is 34.9. The van der Waals surface area contributed by atoms with Gasteiger partial charge in [-0.2, -0.15) is 0 Å². The number of amides is 4. The number of rotatable bonds is 5. The first-order valence-electron chi connectivity index (χ1n) is 15.9. The van der Waals surface area contributed by atoms with Gasteiger partial charge in [0.1, 0.15) is 35.1 Å². The SMILES string of the molecule is CC(C)C[C@@H]1NC(=O)c2ncccc2OCCn2cc(nn2)CNC(=O)[C@@H](Cc2ccccc2)NC(=O)[C@H]([C@@H](C)O)NC(=O)c2csc1n2. The Bertz CT molecular complexity index is 1760. The molecule has 0 fully saturated rings. The molecule has 0 unspecified atom stereocenters. The zero-order valence-electron chi connectivity index (χ0n) is 27.3. The number of pyridine rings is 1. The van der Waals surface area contributed by atoms with Crippen molar-refractivity contribution in [3.63, 3.8) is 0 Å². The van der Waals surface area contributed by atoms with Crippen LogP contribution in [-0.2, 0) is 29.1 Å². The van der Waals surface area contributed by atoms with Crippen molar-refractivity contribution in [2.24, 2.45) is 5.92 Å². The number of fused-ring (bicyclic) bond motifs is 5. The predicted molar refractivity (Wildman–Crippen MR) is 178 cm³/mol. The van der Waals surface area contributed by atoms with E-state index in [-0.39, 0.29) is 42.6 Å². The van der Waals surface area contributed by atoms with E-state index in [2.05, 4.69) is 41.5 Å². The summed E-state index contributed by atoms with van der Waals surface area (Å²) in [6.45, 7) is 5.83. The molecule has 49 heavy (non-hydrogen) atoms. The van der Waals surface area contributed by atoms with Gasteiger partial charge in [-0.1, -0.05) is 49.4 Å². The molecule has 0 spiro atoms. The van der Waals surface area contributed by atoms with Crippen molar-refractivity contribution in [1.29, 1.82) is 0 Å². The van der Waals surface area contributed by atoms with Gasteiger partial charge in [0.05, 0.1) is 31.4 Å². The lowest BCUT2D eigenvalue weighted by Crippen LogP contribution is -2.57. The smallest absolute Gasteiger partial charge is 0.274 e. The minimum Gasteiger partial charge on any atom is -0.489 e. The summed E-state index contributed by atoms with van der Waals surface area (Å²) >= 11 is 1.18. The van der Waals surface area contributed by atoms with E-state index in [1.165, 1.54) is 29.8 Å². The number of ether oxygens (including phenoxy) is 1. The molecule has 5 N–H and O–H groups in total. The molecule has 0 aliphatic carbocycles. The molecule has 4 heterocycles. The van der Waals surface area contributed by atoms with Crippen LogP contribution < -0.4 is 26.0 Å². The number of carbonyl (C=O) groups is 4. The molecule has 16 heteroatoms. The summed E-state index contributed by atoms with van der Waals surface area (Å²) in [5.74, 6) is -1.99. The van der Waals surface area contributed by atoms with Gasteiger partial charge in [-0.15, -0.1) is 16.4 Å². The van der Waals surface area contributed by atoms with E-state index >= 15 is 0 Å². The van der Waals surface area contributed by atoms with Crippen molar-refractivity contribution in [3.05, 3.63) is 87.9 Å². The molecule has 1 aliphatic rings. The van der Waals surface area contributed by atoms with Crippen molar-refractivity contribution in [2.45, 2.75) is 70.9 Å². The fraction of sp³-hybridized carbons (Fsp3) is 0.394. The molecule has 4 bridgehead atoms. The largest absolute Gasteiger partial charge is 0.489 e. The highest BCUT2D eigenvalue weighted by Crippen LogP contribution is 2.26. The summed E-state index contributed by atoms with van der Waals surface area (Å²) in [6, 6.07) is 9.45. The maximum atomic E-state index is 13.5. The van der Waals surface area contributed by atoms with Crippen LogP contribution >= 0.6 is 11.3 Å². The molecule has 0 radical (unpaired) electrons. The lowest BCUT2D eigenvalue weighted by atomic mass is 10.0. The first-order valence-corrected chi connectivity index (χ1v) is 16.8. The van der Waals surface area contributed by atoms with Gasteiger partial charge >= 0.3 is 0 Å².